The molecule has 1 rings (SSSR count). The fraction of sp³-hybridized carbons (Fsp3) is 0.125. The summed E-state index contributed by atoms with van der Waals surface area (Å²) in [5.74, 6) is -0.177. The maximum Gasteiger partial charge on any atom is 0.433 e. The molecule has 0 aliphatic rings. The van der Waals surface area contributed by atoms with Crippen LogP contribution in [0.25, 0.3) is 6.08 Å². The molecule has 1 heterocycles. The van der Waals surface area contributed by atoms with Gasteiger partial charge in [0.05, 0.1) is 6.07 Å². The van der Waals surface area contributed by atoms with Gasteiger partial charge in [0.25, 0.3) is 0 Å². The van der Waals surface area contributed by atoms with E-state index in [-0.39, 0.29) is 11.7 Å². The summed E-state index contributed by atoms with van der Waals surface area (Å²) < 4.78 is 4.76. The quantitative estimate of drug-likeness (QED) is 0.404. The Morgan fingerprint density at radius 2 is 2.31 bits per heavy atom. The second kappa shape index (κ2) is 3.66. The molecule has 0 fully saturated rings. The van der Waals surface area contributed by atoms with Crippen molar-refractivity contribution in [2.75, 3.05) is 0 Å². The maximum atomic E-state index is 10.5. The molecular formula is C8H7NO4. The van der Waals surface area contributed by atoms with E-state index in [9.17, 15) is 14.9 Å². The molecule has 0 aliphatic carbocycles. The molecule has 0 aromatic carbocycles. The fourth-order valence-corrected chi connectivity index (χ4v) is 0.729. The van der Waals surface area contributed by atoms with Gasteiger partial charge in [0.15, 0.2) is 5.78 Å². The van der Waals surface area contributed by atoms with Crippen LogP contribution < -0.4 is 0 Å². The Labute approximate surface area is 73.8 Å². The highest BCUT2D eigenvalue weighted by Gasteiger charge is 2.09. The number of allylic oxidation sites excluding steroid dienone is 1. The molecule has 5 heteroatoms. The van der Waals surface area contributed by atoms with Crippen LogP contribution in [0.1, 0.15) is 12.7 Å². The Hall–Kier alpha value is -1.91. The van der Waals surface area contributed by atoms with Gasteiger partial charge in [0, 0.05) is 0 Å². The van der Waals surface area contributed by atoms with Crippen LogP contribution in [-0.2, 0) is 4.79 Å². The molecule has 0 N–H and O–H groups in total. The smallest absolute Gasteiger partial charge is 0.401 e. The average Bonchev–Trinajstić information content (AvgIpc) is 2.48. The predicted molar refractivity (Wildman–Crippen MR) is 45.1 cm³/mol. The Bertz CT molecular complexity index is 364. The summed E-state index contributed by atoms with van der Waals surface area (Å²) in [6, 6.07) is 2.66. The number of carbonyl (C=O) groups is 1. The third kappa shape index (κ3) is 2.55. The van der Waals surface area contributed by atoms with Crippen LogP contribution in [0, 0.1) is 10.1 Å². The molecule has 1 aromatic rings. The number of furan rings is 1. The molecule has 0 amide bonds. The van der Waals surface area contributed by atoms with E-state index in [0.29, 0.717) is 5.76 Å². The van der Waals surface area contributed by atoms with Gasteiger partial charge in [-0.15, -0.1) is 0 Å². The van der Waals surface area contributed by atoms with Crippen molar-refractivity contribution in [1.82, 2.24) is 0 Å². The SMILES string of the molecule is CC(=O)C=Cc1ccc([N+](=O)[O-])o1. The van der Waals surface area contributed by atoms with E-state index in [1.54, 1.807) is 0 Å². The van der Waals surface area contributed by atoms with E-state index in [1.165, 1.54) is 31.2 Å². The first kappa shape index (κ1) is 9.18. The van der Waals surface area contributed by atoms with Crippen LogP contribution in [0.15, 0.2) is 22.6 Å². The van der Waals surface area contributed by atoms with Crippen LogP contribution in [0.2, 0.25) is 0 Å². The van der Waals surface area contributed by atoms with Gasteiger partial charge >= 0.3 is 5.88 Å². The number of nitro groups is 1. The Morgan fingerprint density at radius 3 is 2.77 bits per heavy atom. The molecule has 5 nitrogen and oxygen atoms in total. The number of hydrogen-bond acceptors (Lipinski definition) is 4. The van der Waals surface area contributed by atoms with Crippen molar-refractivity contribution in [3.05, 3.63) is 34.1 Å². The molecule has 1 aromatic heterocycles. The zero-order chi connectivity index (χ0) is 9.84. The van der Waals surface area contributed by atoms with Crippen molar-refractivity contribution >= 4 is 17.7 Å². The van der Waals surface area contributed by atoms with Crippen molar-refractivity contribution in [2.45, 2.75) is 6.92 Å². The van der Waals surface area contributed by atoms with E-state index >= 15 is 0 Å². The summed E-state index contributed by atoms with van der Waals surface area (Å²) in [4.78, 5) is 20.0. The lowest BCUT2D eigenvalue weighted by atomic mass is 10.3. The van der Waals surface area contributed by atoms with Crippen LogP contribution in [0.4, 0.5) is 5.88 Å². The molecule has 0 unspecified atom stereocenters. The monoisotopic (exact) mass is 181 g/mol. The van der Waals surface area contributed by atoms with Crippen LogP contribution in [-0.4, -0.2) is 10.7 Å². The first-order chi connectivity index (χ1) is 6.09. The van der Waals surface area contributed by atoms with E-state index in [1.807, 2.05) is 0 Å². The third-order valence-corrected chi connectivity index (χ3v) is 1.27. The van der Waals surface area contributed by atoms with Crippen molar-refractivity contribution in [3.8, 4) is 0 Å². The summed E-state index contributed by atoms with van der Waals surface area (Å²) >= 11 is 0. The van der Waals surface area contributed by atoms with Crippen LogP contribution in [0.5, 0.6) is 0 Å². The third-order valence-electron chi connectivity index (χ3n) is 1.27. The minimum Gasteiger partial charge on any atom is -0.401 e. The highest BCUT2D eigenvalue weighted by Crippen LogP contribution is 2.16. The summed E-state index contributed by atoms with van der Waals surface area (Å²) in [5, 5.41) is 10.2. The van der Waals surface area contributed by atoms with Gasteiger partial charge < -0.3 is 4.42 Å². The summed E-state index contributed by atoms with van der Waals surface area (Å²) in [7, 11) is 0. The first-order valence-corrected chi connectivity index (χ1v) is 3.52. The van der Waals surface area contributed by atoms with Crippen molar-refractivity contribution in [2.24, 2.45) is 0 Å². The van der Waals surface area contributed by atoms with Gasteiger partial charge in [-0.25, -0.2) is 0 Å². The fourth-order valence-electron chi connectivity index (χ4n) is 0.729. The second-order valence-electron chi connectivity index (χ2n) is 2.38. The standard InChI is InChI=1S/C8H7NO4/c1-6(10)2-3-7-4-5-8(13-7)9(11)12/h2-5H,1H3. The number of rotatable bonds is 3. The molecule has 0 spiro atoms. The normalized spacial score (nSPS) is 10.5. The van der Waals surface area contributed by atoms with E-state index in [0.717, 1.165) is 0 Å². The molecule has 0 bridgehead atoms. The minimum absolute atomic E-state index is 0.140. The zero-order valence-electron chi connectivity index (χ0n) is 6.89. The number of ketones is 1. The lowest BCUT2D eigenvalue weighted by Gasteiger charge is -1.82. The molecule has 0 saturated carbocycles. The maximum absolute atomic E-state index is 10.5. The Kier molecular flexibility index (Phi) is 2.59. The topological polar surface area (TPSA) is 73.3 Å². The Balaban J connectivity index is 2.80. The number of carbonyl (C=O) groups excluding carboxylic acids is 1. The Morgan fingerprint density at radius 1 is 1.62 bits per heavy atom. The van der Waals surface area contributed by atoms with Gasteiger partial charge in [-0.2, -0.15) is 0 Å². The zero-order valence-corrected chi connectivity index (χ0v) is 6.89. The van der Waals surface area contributed by atoms with Gasteiger partial charge in [0.2, 0.25) is 0 Å². The summed E-state index contributed by atoms with van der Waals surface area (Å²) in [6.07, 6.45) is 2.66. The summed E-state index contributed by atoms with van der Waals surface area (Å²) in [5.41, 5.74) is 0. The van der Waals surface area contributed by atoms with Gasteiger partial charge in [-0.3, -0.25) is 14.9 Å². The van der Waals surface area contributed by atoms with Crippen LogP contribution in [0.3, 0.4) is 0 Å². The minimum atomic E-state index is -0.634. The molecular weight excluding hydrogens is 174 g/mol. The van der Waals surface area contributed by atoms with E-state index in [2.05, 4.69) is 0 Å². The highest BCUT2D eigenvalue weighted by molar-refractivity contribution is 5.91. The molecule has 0 saturated heterocycles. The van der Waals surface area contributed by atoms with E-state index < -0.39 is 4.92 Å². The molecule has 13 heavy (non-hydrogen) atoms. The van der Waals surface area contributed by atoms with E-state index in [4.69, 9.17) is 4.42 Å². The lowest BCUT2D eigenvalue weighted by Crippen LogP contribution is -1.82. The lowest BCUT2D eigenvalue weighted by molar-refractivity contribution is -0.402. The molecule has 0 radical (unpaired) electrons. The van der Waals surface area contributed by atoms with Crippen molar-refractivity contribution in [3.63, 3.8) is 0 Å². The summed E-state index contributed by atoms with van der Waals surface area (Å²) in [6.45, 7) is 1.38. The predicted octanol–water partition coefficient (Wildman–Crippen LogP) is 1.79. The number of nitrogens with zero attached hydrogens (tertiary/aromatic N) is 1. The highest BCUT2D eigenvalue weighted by atomic mass is 16.6. The average molecular weight is 181 g/mol. The second-order valence-corrected chi connectivity index (χ2v) is 2.38. The van der Waals surface area contributed by atoms with Crippen molar-refractivity contribution in [1.29, 1.82) is 0 Å². The molecule has 0 atom stereocenters. The van der Waals surface area contributed by atoms with Gasteiger partial charge in [-0.1, -0.05) is 0 Å². The number of hydrogen-bond donors (Lipinski definition) is 0. The first-order valence-electron chi connectivity index (χ1n) is 3.52. The van der Waals surface area contributed by atoms with Gasteiger partial charge in [0.1, 0.15) is 10.7 Å². The van der Waals surface area contributed by atoms with Gasteiger partial charge in [-0.05, 0) is 25.1 Å². The molecule has 0 aliphatic heterocycles. The molecule has 68 valence electrons. The van der Waals surface area contributed by atoms with Crippen LogP contribution >= 0.6 is 0 Å². The van der Waals surface area contributed by atoms with Crippen molar-refractivity contribution < 1.29 is 14.1 Å². The largest absolute Gasteiger partial charge is 0.433 e.